The van der Waals surface area contributed by atoms with Crippen LogP contribution in [0, 0.1) is 0 Å². The Hall–Kier alpha value is -1.88. The van der Waals surface area contributed by atoms with Gasteiger partial charge in [0.05, 0.1) is 12.5 Å². The molecule has 1 N–H and O–H groups in total. The second-order valence-electron chi connectivity index (χ2n) is 5.14. The number of hydrogen-bond donors (Lipinski definition) is 1. The smallest absolute Gasteiger partial charge is 0.330 e. The Bertz CT molecular complexity index is 490. The lowest BCUT2D eigenvalue weighted by Crippen LogP contribution is -2.58. The lowest BCUT2D eigenvalue weighted by molar-refractivity contribution is -0.156. The second-order valence-corrected chi connectivity index (χ2v) is 5.14. The third-order valence-electron chi connectivity index (χ3n) is 3.76. The highest BCUT2D eigenvalue weighted by Crippen LogP contribution is 2.20. The molecule has 1 fully saturated rings. The van der Waals surface area contributed by atoms with Crippen molar-refractivity contribution >= 4 is 11.9 Å². The van der Waals surface area contributed by atoms with Crippen LogP contribution < -0.4 is 5.32 Å². The van der Waals surface area contributed by atoms with E-state index in [1.54, 1.807) is 11.8 Å². The van der Waals surface area contributed by atoms with Crippen LogP contribution in [0.3, 0.4) is 0 Å². The predicted molar refractivity (Wildman–Crippen MR) is 79.9 cm³/mol. The van der Waals surface area contributed by atoms with E-state index in [4.69, 9.17) is 4.74 Å². The van der Waals surface area contributed by atoms with Gasteiger partial charge in [-0.3, -0.25) is 4.79 Å². The van der Waals surface area contributed by atoms with Crippen molar-refractivity contribution in [2.45, 2.75) is 25.8 Å². The third-order valence-corrected chi connectivity index (χ3v) is 3.76. The van der Waals surface area contributed by atoms with Gasteiger partial charge in [-0.1, -0.05) is 30.3 Å². The minimum atomic E-state index is -0.530. The Labute approximate surface area is 125 Å². The Morgan fingerprint density at radius 1 is 1.38 bits per heavy atom. The number of ether oxygens (including phenoxy) is 1. The maximum atomic E-state index is 12.7. The maximum absolute atomic E-state index is 12.7. The van der Waals surface area contributed by atoms with Crippen molar-refractivity contribution in [3.63, 3.8) is 0 Å². The predicted octanol–water partition coefficient (Wildman–Crippen LogP) is 1.15. The van der Waals surface area contributed by atoms with E-state index in [9.17, 15) is 9.59 Å². The van der Waals surface area contributed by atoms with Crippen molar-refractivity contribution in [3.8, 4) is 0 Å². The first-order chi connectivity index (χ1) is 10.1. The average molecular weight is 290 g/mol. The minimum absolute atomic E-state index is 0.0271. The first-order valence-electron chi connectivity index (χ1n) is 7.38. The zero-order chi connectivity index (χ0) is 15.2. The summed E-state index contributed by atoms with van der Waals surface area (Å²) >= 11 is 0. The van der Waals surface area contributed by atoms with Crippen LogP contribution >= 0.6 is 0 Å². The van der Waals surface area contributed by atoms with Gasteiger partial charge in [0.1, 0.15) is 6.04 Å². The maximum Gasteiger partial charge on any atom is 0.330 e. The topological polar surface area (TPSA) is 58.6 Å². The van der Waals surface area contributed by atoms with E-state index in [0.717, 1.165) is 5.56 Å². The number of hydrogen-bond acceptors (Lipinski definition) is 4. The molecule has 1 heterocycles. The number of nitrogens with one attached hydrogen (secondary N) is 1. The molecule has 5 heteroatoms. The summed E-state index contributed by atoms with van der Waals surface area (Å²) in [6.45, 7) is 5.65. The molecule has 0 spiro atoms. The minimum Gasteiger partial charge on any atom is -0.464 e. The van der Waals surface area contributed by atoms with Gasteiger partial charge in [-0.05, 0) is 19.4 Å². The number of nitrogens with zero attached hydrogens (tertiary/aromatic N) is 1. The van der Waals surface area contributed by atoms with Crippen LogP contribution in [0.1, 0.15) is 25.3 Å². The van der Waals surface area contributed by atoms with Gasteiger partial charge in [0, 0.05) is 19.6 Å². The molecule has 5 nitrogen and oxygen atoms in total. The number of amides is 1. The number of esters is 1. The molecule has 0 aromatic heterocycles. The van der Waals surface area contributed by atoms with Crippen LogP contribution in [0.2, 0.25) is 0 Å². The van der Waals surface area contributed by atoms with Crippen molar-refractivity contribution in [2.75, 3.05) is 26.2 Å². The van der Waals surface area contributed by atoms with E-state index >= 15 is 0 Å². The molecule has 1 saturated heterocycles. The number of carbonyl (C=O) groups excluding carboxylic acids is 2. The summed E-state index contributed by atoms with van der Waals surface area (Å²) in [6.07, 6.45) is 0. The standard InChI is InChI=1S/C16H22N2O3/c1-3-21-16(20)14-11-17-9-10-18(14)15(19)12(2)13-7-5-4-6-8-13/h4-8,12,14,17H,3,9-11H2,1-2H3. The molecule has 0 aliphatic carbocycles. The molecule has 114 valence electrons. The van der Waals surface area contributed by atoms with E-state index in [0.29, 0.717) is 26.2 Å². The zero-order valence-electron chi connectivity index (χ0n) is 12.5. The van der Waals surface area contributed by atoms with Gasteiger partial charge >= 0.3 is 5.97 Å². The summed E-state index contributed by atoms with van der Waals surface area (Å²) in [5.41, 5.74) is 0.962. The highest BCUT2D eigenvalue weighted by molar-refractivity contribution is 5.88. The number of carbonyl (C=O) groups is 2. The van der Waals surface area contributed by atoms with E-state index in [-0.39, 0.29) is 17.8 Å². The van der Waals surface area contributed by atoms with Crippen molar-refractivity contribution in [3.05, 3.63) is 35.9 Å². The van der Waals surface area contributed by atoms with Crippen LogP contribution in [0.25, 0.3) is 0 Å². The first kappa shape index (κ1) is 15.5. The van der Waals surface area contributed by atoms with Crippen molar-refractivity contribution < 1.29 is 14.3 Å². The third kappa shape index (κ3) is 3.61. The molecule has 1 amide bonds. The fourth-order valence-electron chi connectivity index (χ4n) is 2.55. The van der Waals surface area contributed by atoms with Gasteiger partial charge in [0.25, 0.3) is 0 Å². The van der Waals surface area contributed by atoms with Crippen molar-refractivity contribution in [1.29, 1.82) is 0 Å². The molecule has 0 radical (unpaired) electrons. The Kier molecular flexibility index (Phi) is 5.33. The van der Waals surface area contributed by atoms with Crippen molar-refractivity contribution in [2.24, 2.45) is 0 Å². The Balaban J connectivity index is 2.13. The van der Waals surface area contributed by atoms with E-state index < -0.39 is 6.04 Å². The fraction of sp³-hybridized carbons (Fsp3) is 0.500. The molecule has 21 heavy (non-hydrogen) atoms. The monoisotopic (exact) mass is 290 g/mol. The Morgan fingerprint density at radius 2 is 2.10 bits per heavy atom. The van der Waals surface area contributed by atoms with Crippen molar-refractivity contribution in [1.82, 2.24) is 10.2 Å². The molecular formula is C16H22N2O3. The first-order valence-corrected chi connectivity index (χ1v) is 7.38. The summed E-state index contributed by atoms with van der Waals surface area (Å²) in [6, 6.07) is 9.10. The Morgan fingerprint density at radius 3 is 2.76 bits per heavy atom. The van der Waals surface area contributed by atoms with Crippen LogP contribution in [0.4, 0.5) is 0 Å². The molecule has 2 atom stereocenters. The molecule has 2 rings (SSSR count). The summed E-state index contributed by atoms with van der Waals surface area (Å²) < 4.78 is 5.07. The van der Waals surface area contributed by atoms with Crippen LogP contribution in [-0.4, -0.2) is 49.1 Å². The van der Waals surface area contributed by atoms with Crippen LogP contribution in [0.15, 0.2) is 30.3 Å². The van der Waals surface area contributed by atoms with Crippen LogP contribution in [0.5, 0.6) is 0 Å². The van der Waals surface area contributed by atoms with Gasteiger partial charge in [-0.25, -0.2) is 4.79 Å². The number of piperazine rings is 1. The normalized spacial score (nSPS) is 19.9. The average Bonchev–Trinajstić information content (AvgIpc) is 2.54. The molecular weight excluding hydrogens is 268 g/mol. The SMILES string of the molecule is CCOC(=O)C1CNCCN1C(=O)C(C)c1ccccc1. The highest BCUT2D eigenvalue weighted by Gasteiger charge is 2.35. The quantitative estimate of drug-likeness (QED) is 0.845. The van der Waals surface area contributed by atoms with Gasteiger partial charge in [-0.2, -0.15) is 0 Å². The van der Waals surface area contributed by atoms with E-state index in [2.05, 4.69) is 5.32 Å². The fourth-order valence-corrected chi connectivity index (χ4v) is 2.55. The number of rotatable bonds is 4. The summed E-state index contributed by atoms with van der Waals surface area (Å²) in [5.74, 6) is -0.625. The second kappa shape index (κ2) is 7.22. The molecule has 1 aromatic carbocycles. The largest absolute Gasteiger partial charge is 0.464 e. The van der Waals surface area contributed by atoms with Gasteiger partial charge in [0.2, 0.25) is 5.91 Å². The van der Waals surface area contributed by atoms with Crippen LogP contribution in [-0.2, 0) is 14.3 Å². The van der Waals surface area contributed by atoms with Gasteiger partial charge in [-0.15, -0.1) is 0 Å². The summed E-state index contributed by atoms with van der Waals surface area (Å²) in [4.78, 5) is 26.4. The highest BCUT2D eigenvalue weighted by atomic mass is 16.5. The lowest BCUT2D eigenvalue weighted by Gasteiger charge is -2.36. The zero-order valence-corrected chi connectivity index (χ0v) is 12.5. The van der Waals surface area contributed by atoms with Gasteiger partial charge < -0.3 is 15.0 Å². The summed E-state index contributed by atoms with van der Waals surface area (Å²) in [7, 11) is 0. The van der Waals surface area contributed by atoms with E-state index in [1.165, 1.54) is 0 Å². The number of benzene rings is 1. The molecule has 2 unspecified atom stereocenters. The lowest BCUT2D eigenvalue weighted by atomic mass is 9.98. The van der Waals surface area contributed by atoms with Gasteiger partial charge in [0.15, 0.2) is 0 Å². The molecule has 0 bridgehead atoms. The molecule has 1 aromatic rings. The van der Waals surface area contributed by atoms with E-state index in [1.807, 2.05) is 37.3 Å². The molecule has 1 aliphatic rings. The molecule has 0 saturated carbocycles. The summed E-state index contributed by atoms with van der Waals surface area (Å²) in [5, 5.41) is 3.14. The molecule has 1 aliphatic heterocycles.